The van der Waals surface area contributed by atoms with Crippen LogP contribution in [0.2, 0.25) is 0 Å². The molecule has 0 aliphatic carbocycles. The van der Waals surface area contributed by atoms with E-state index in [0.717, 1.165) is 74.7 Å². The van der Waals surface area contributed by atoms with Crippen molar-refractivity contribution >= 4 is 22.9 Å². The molecule has 2 N–H and O–H groups in total. The molecule has 1 atom stereocenters. The van der Waals surface area contributed by atoms with Crippen molar-refractivity contribution < 1.29 is 4.79 Å². The van der Waals surface area contributed by atoms with Gasteiger partial charge in [0.05, 0.1) is 34.4 Å². The first-order chi connectivity index (χ1) is 27.0. The number of carbonyl (C=O) groups is 1. The molecule has 268 valence electrons. The predicted molar refractivity (Wildman–Crippen MR) is 217 cm³/mol. The summed E-state index contributed by atoms with van der Waals surface area (Å²) in [7, 11) is 0. The molecule has 1 aliphatic rings. The molecule has 1 amide bonds. The van der Waals surface area contributed by atoms with Gasteiger partial charge in [-0.25, -0.2) is 4.98 Å². The number of thiophene rings is 1. The van der Waals surface area contributed by atoms with Gasteiger partial charge in [0.25, 0.3) is 0 Å². The van der Waals surface area contributed by atoms with E-state index in [-0.39, 0.29) is 11.9 Å². The van der Waals surface area contributed by atoms with E-state index in [0.29, 0.717) is 12.1 Å². The fraction of sp³-hybridized carbons (Fsp3) is 0.130. The van der Waals surface area contributed by atoms with Crippen molar-refractivity contribution in [2.45, 2.75) is 31.0 Å². The Bertz CT molecular complexity index is 2560. The van der Waals surface area contributed by atoms with E-state index in [1.54, 1.807) is 11.3 Å². The van der Waals surface area contributed by atoms with Gasteiger partial charge in [-0.05, 0) is 72.5 Å². The minimum absolute atomic E-state index is 0.209. The Balaban J connectivity index is 1.22. The van der Waals surface area contributed by atoms with Crippen LogP contribution in [0.4, 0.5) is 0 Å². The zero-order valence-corrected chi connectivity index (χ0v) is 30.8. The molecular formula is C46H37N7OS. The number of pyridine rings is 1. The number of carbonyl (C=O) groups excluding carboxylic acids is 1. The third-order valence-electron chi connectivity index (χ3n) is 10.7. The third kappa shape index (κ3) is 6.11. The second-order valence-corrected chi connectivity index (χ2v) is 15.1. The predicted octanol–water partition coefficient (Wildman–Crippen LogP) is 8.75. The summed E-state index contributed by atoms with van der Waals surface area (Å²) in [5.74, 6) is -0.249. The van der Waals surface area contributed by atoms with Crippen LogP contribution in [0.25, 0.3) is 38.6 Å². The van der Waals surface area contributed by atoms with Crippen molar-refractivity contribution in [1.82, 2.24) is 24.1 Å². The molecule has 1 fully saturated rings. The Morgan fingerprint density at radius 3 is 2.05 bits per heavy atom. The molecule has 55 heavy (non-hydrogen) atoms. The van der Waals surface area contributed by atoms with E-state index >= 15 is 0 Å². The van der Waals surface area contributed by atoms with Crippen molar-refractivity contribution in [3.05, 3.63) is 185 Å². The van der Waals surface area contributed by atoms with Crippen LogP contribution in [-0.4, -0.2) is 42.6 Å². The van der Waals surface area contributed by atoms with Crippen LogP contribution in [-0.2, 0) is 16.9 Å². The minimum atomic E-state index is -0.816. The smallest absolute Gasteiger partial charge is 0.234 e. The lowest BCUT2D eigenvalue weighted by Crippen LogP contribution is -2.39. The number of hydrogen-bond donors (Lipinski definition) is 1. The van der Waals surface area contributed by atoms with Gasteiger partial charge < -0.3 is 5.73 Å². The minimum Gasteiger partial charge on any atom is -0.368 e. The van der Waals surface area contributed by atoms with Crippen molar-refractivity contribution in [2.24, 2.45) is 5.73 Å². The lowest BCUT2D eigenvalue weighted by Gasteiger charge is -2.36. The van der Waals surface area contributed by atoms with Crippen LogP contribution < -0.4 is 5.73 Å². The molecule has 1 saturated heterocycles. The highest BCUT2D eigenvalue weighted by Crippen LogP contribution is 2.43. The maximum absolute atomic E-state index is 12.1. The number of likely N-dealkylation sites (tertiary alicyclic amines) is 1. The monoisotopic (exact) mass is 735 g/mol. The molecule has 4 aromatic heterocycles. The van der Waals surface area contributed by atoms with Gasteiger partial charge in [0.15, 0.2) is 0 Å². The number of hydrogen-bond acceptors (Lipinski definition) is 6. The molecule has 8 nitrogen and oxygen atoms in total. The highest BCUT2D eigenvalue weighted by Gasteiger charge is 2.40. The summed E-state index contributed by atoms with van der Waals surface area (Å²) in [6, 6.07) is 49.7. The molecule has 9 heteroatoms. The number of primary amides is 1. The van der Waals surface area contributed by atoms with Gasteiger partial charge in [-0.15, -0.1) is 11.3 Å². The number of nitriles is 1. The van der Waals surface area contributed by atoms with E-state index in [9.17, 15) is 10.1 Å². The molecule has 8 aromatic rings. The normalized spacial score (nSPS) is 14.6. The number of imidazole rings is 1. The van der Waals surface area contributed by atoms with Gasteiger partial charge in [0, 0.05) is 40.5 Å². The van der Waals surface area contributed by atoms with Gasteiger partial charge >= 0.3 is 0 Å². The number of nitrogens with zero attached hydrogens (tertiary/aromatic N) is 6. The Kier molecular flexibility index (Phi) is 8.90. The fourth-order valence-electron chi connectivity index (χ4n) is 8.07. The average Bonchev–Trinajstić information content (AvgIpc) is 4.07. The second-order valence-electron chi connectivity index (χ2n) is 13.9. The zero-order chi connectivity index (χ0) is 37.4. The molecule has 0 bridgehead atoms. The zero-order valence-electron chi connectivity index (χ0n) is 30.0. The summed E-state index contributed by atoms with van der Waals surface area (Å²) in [5.41, 5.74) is 14.1. The average molecular weight is 736 g/mol. The van der Waals surface area contributed by atoms with Crippen molar-refractivity contribution in [3.63, 3.8) is 0 Å². The first-order valence-electron chi connectivity index (χ1n) is 18.4. The van der Waals surface area contributed by atoms with Crippen LogP contribution in [0.15, 0.2) is 158 Å². The van der Waals surface area contributed by atoms with E-state index in [1.165, 1.54) is 4.88 Å². The Morgan fingerprint density at radius 1 is 0.800 bits per heavy atom. The molecule has 9 rings (SSSR count). The van der Waals surface area contributed by atoms with E-state index < -0.39 is 5.54 Å². The maximum atomic E-state index is 12.1. The summed E-state index contributed by atoms with van der Waals surface area (Å²) in [6.07, 6.45) is 8.02. The number of nitrogens with two attached hydrogens (primary N) is 1. The van der Waals surface area contributed by atoms with E-state index in [2.05, 4.69) is 123 Å². The molecule has 0 spiro atoms. The van der Waals surface area contributed by atoms with Crippen LogP contribution >= 0.6 is 11.3 Å². The Morgan fingerprint density at radius 2 is 1.44 bits per heavy atom. The second kappa shape index (κ2) is 14.3. The van der Waals surface area contributed by atoms with Gasteiger partial charge in [-0.3, -0.25) is 18.8 Å². The summed E-state index contributed by atoms with van der Waals surface area (Å²) in [4.78, 5) is 21.3. The fourth-order valence-corrected chi connectivity index (χ4v) is 9.11. The Hall–Kier alpha value is -6.60. The van der Waals surface area contributed by atoms with Crippen molar-refractivity contribution in [2.75, 3.05) is 6.54 Å². The van der Waals surface area contributed by atoms with Crippen LogP contribution in [0, 0.1) is 11.3 Å². The lowest BCUT2D eigenvalue weighted by molar-refractivity contribution is -0.122. The Labute approximate surface area is 323 Å². The number of aromatic nitrogens is 4. The molecule has 1 aliphatic heterocycles. The quantitative estimate of drug-likeness (QED) is 0.142. The number of benzene rings is 4. The lowest BCUT2D eigenvalue weighted by atomic mass is 9.77. The number of fused-ring (bicyclic) bond motifs is 1. The summed E-state index contributed by atoms with van der Waals surface area (Å²) >= 11 is 1.71. The van der Waals surface area contributed by atoms with E-state index in [1.807, 2.05) is 54.7 Å². The molecule has 5 heterocycles. The molecule has 1 unspecified atom stereocenters. The molecule has 4 aromatic carbocycles. The third-order valence-corrected chi connectivity index (χ3v) is 11.8. The summed E-state index contributed by atoms with van der Waals surface area (Å²) in [6.45, 7) is 1.56. The van der Waals surface area contributed by atoms with Gasteiger partial charge in [-0.1, -0.05) is 103 Å². The van der Waals surface area contributed by atoms with Gasteiger partial charge in [-0.2, -0.15) is 10.4 Å². The van der Waals surface area contributed by atoms with Crippen LogP contribution in [0.1, 0.15) is 40.0 Å². The van der Waals surface area contributed by atoms with Crippen LogP contribution in [0.5, 0.6) is 0 Å². The topological polar surface area (TPSA) is 105 Å². The molecule has 0 radical (unpaired) electrons. The molecule has 0 saturated carbocycles. The molecular weight excluding hydrogens is 699 g/mol. The van der Waals surface area contributed by atoms with Crippen molar-refractivity contribution in [1.29, 1.82) is 5.26 Å². The van der Waals surface area contributed by atoms with Gasteiger partial charge in [0.2, 0.25) is 5.91 Å². The van der Waals surface area contributed by atoms with Crippen molar-refractivity contribution in [3.8, 4) is 39.0 Å². The van der Waals surface area contributed by atoms with Gasteiger partial charge in [0.1, 0.15) is 16.9 Å². The number of amides is 1. The maximum Gasteiger partial charge on any atom is 0.234 e. The first kappa shape index (κ1) is 34.2. The standard InChI is InChI=1S/C46H37N7OS/c47-27-32-18-20-33(21-19-32)44-39(31-53(50-44)46(35-11-4-1-5-12-35,36-13-6-2-7-14-36)37-15-8-3-9-16-37)34-22-25-43-49-28-41(52(43)29-34)42-24-23-38(55-42)30-51-26-10-17-40(51)45(48)54/h1-9,11-16,18-25,28-29,31,40H,10,17,26,30H2,(H2,48,54). The van der Waals surface area contributed by atoms with Crippen LogP contribution in [0.3, 0.4) is 0 Å². The number of rotatable bonds is 10. The first-order valence-corrected chi connectivity index (χ1v) is 19.2. The highest BCUT2D eigenvalue weighted by atomic mass is 32.1. The largest absolute Gasteiger partial charge is 0.368 e. The summed E-state index contributed by atoms with van der Waals surface area (Å²) < 4.78 is 4.25. The summed E-state index contributed by atoms with van der Waals surface area (Å²) in [5, 5.41) is 15.1. The SMILES string of the molecule is N#Cc1ccc(-c2nn(C(c3ccccc3)(c3ccccc3)c3ccccc3)cc2-c2ccc3ncc(-c4ccc(CN5CCCC5C(N)=O)s4)n3c2)cc1. The van der Waals surface area contributed by atoms with E-state index in [4.69, 9.17) is 15.8 Å². The highest BCUT2D eigenvalue weighted by molar-refractivity contribution is 7.15.